The van der Waals surface area contributed by atoms with Crippen LogP contribution in [0.4, 0.5) is 0 Å². The van der Waals surface area contributed by atoms with Crippen LogP contribution in [0.25, 0.3) is 5.69 Å². The van der Waals surface area contributed by atoms with Crippen molar-refractivity contribution >= 4 is 0 Å². The highest BCUT2D eigenvalue weighted by Crippen LogP contribution is 2.19. The average Bonchev–Trinajstić information content (AvgIpc) is 3.28. The van der Waals surface area contributed by atoms with Crippen molar-refractivity contribution in [2.75, 3.05) is 13.1 Å². The minimum Gasteiger partial charge on any atom is -0.297 e. The molecule has 6 heteroatoms. The van der Waals surface area contributed by atoms with Crippen LogP contribution in [0.3, 0.4) is 0 Å². The van der Waals surface area contributed by atoms with E-state index in [0.717, 1.165) is 37.6 Å². The third kappa shape index (κ3) is 3.54. The van der Waals surface area contributed by atoms with Crippen molar-refractivity contribution in [1.29, 1.82) is 0 Å². The largest absolute Gasteiger partial charge is 0.297 e. The van der Waals surface area contributed by atoms with Gasteiger partial charge in [-0.2, -0.15) is 10.2 Å². The molecular weight excluding hydrogens is 300 g/mol. The normalized spacial score (nSPS) is 18.8. The third-order valence-corrected chi connectivity index (χ3v) is 4.57. The standard InChI is InChI=1S/C18H22N6/c1-2-6-18(7-3-1)24-10-8-17(21-24)13-22-9-4-5-16(11-22)12-23-15-19-14-20-23/h1-3,6-8,10,14-16H,4-5,9,11-13H2/t16-/m0/s1. The molecule has 1 fully saturated rings. The van der Waals surface area contributed by atoms with Gasteiger partial charge in [-0.15, -0.1) is 0 Å². The van der Waals surface area contributed by atoms with E-state index in [2.05, 4.69) is 33.2 Å². The van der Waals surface area contributed by atoms with Gasteiger partial charge in [-0.25, -0.2) is 9.67 Å². The second-order valence-electron chi connectivity index (χ2n) is 6.45. The topological polar surface area (TPSA) is 51.8 Å². The van der Waals surface area contributed by atoms with Gasteiger partial charge in [0.15, 0.2) is 0 Å². The number of benzene rings is 1. The molecule has 0 N–H and O–H groups in total. The lowest BCUT2D eigenvalue weighted by atomic mass is 9.98. The average molecular weight is 322 g/mol. The molecule has 0 unspecified atom stereocenters. The van der Waals surface area contributed by atoms with E-state index < -0.39 is 0 Å². The van der Waals surface area contributed by atoms with Gasteiger partial charge >= 0.3 is 0 Å². The molecule has 0 radical (unpaired) electrons. The van der Waals surface area contributed by atoms with E-state index in [4.69, 9.17) is 5.10 Å². The fourth-order valence-electron chi connectivity index (χ4n) is 3.44. The van der Waals surface area contributed by atoms with Crippen LogP contribution in [0.2, 0.25) is 0 Å². The molecule has 1 saturated heterocycles. The Bertz CT molecular complexity index is 749. The lowest BCUT2D eigenvalue weighted by Crippen LogP contribution is -2.36. The van der Waals surface area contributed by atoms with E-state index in [-0.39, 0.29) is 0 Å². The molecule has 2 aromatic heterocycles. The highest BCUT2D eigenvalue weighted by Gasteiger charge is 2.21. The summed E-state index contributed by atoms with van der Waals surface area (Å²) in [6, 6.07) is 12.4. The van der Waals surface area contributed by atoms with Crippen molar-refractivity contribution in [1.82, 2.24) is 29.4 Å². The lowest BCUT2D eigenvalue weighted by Gasteiger charge is -2.32. The molecule has 0 spiro atoms. The molecule has 1 atom stereocenters. The molecule has 124 valence electrons. The molecule has 6 nitrogen and oxygen atoms in total. The van der Waals surface area contributed by atoms with Gasteiger partial charge < -0.3 is 0 Å². The molecule has 4 rings (SSSR count). The quantitative estimate of drug-likeness (QED) is 0.724. The number of hydrogen-bond acceptors (Lipinski definition) is 4. The maximum Gasteiger partial charge on any atom is 0.137 e. The Labute approximate surface area is 141 Å². The lowest BCUT2D eigenvalue weighted by molar-refractivity contribution is 0.151. The summed E-state index contributed by atoms with van der Waals surface area (Å²) in [4.78, 5) is 6.53. The van der Waals surface area contributed by atoms with Gasteiger partial charge in [-0.3, -0.25) is 9.58 Å². The monoisotopic (exact) mass is 322 g/mol. The van der Waals surface area contributed by atoms with Gasteiger partial charge in [-0.05, 0) is 43.5 Å². The maximum absolute atomic E-state index is 4.72. The van der Waals surface area contributed by atoms with Gasteiger partial charge in [0.2, 0.25) is 0 Å². The van der Waals surface area contributed by atoms with Crippen LogP contribution in [0.15, 0.2) is 55.2 Å². The first-order chi connectivity index (χ1) is 11.9. The predicted molar refractivity (Wildman–Crippen MR) is 91.6 cm³/mol. The van der Waals surface area contributed by atoms with Crippen LogP contribution in [0.5, 0.6) is 0 Å². The summed E-state index contributed by atoms with van der Waals surface area (Å²) < 4.78 is 3.89. The van der Waals surface area contributed by atoms with E-state index >= 15 is 0 Å². The number of piperidine rings is 1. The van der Waals surface area contributed by atoms with E-state index in [1.807, 2.05) is 33.8 Å². The highest BCUT2D eigenvalue weighted by atomic mass is 15.3. The second-order valence-corrected chi connectivity index (χ2v) is 6.45. The zero-order chi connectivity index (χ0) is 16.2. The Morgan fingerprint density at radius 3 is 2.88 bits per heavy atom. The SMILES string of the molecule is c1ccc(-n2ccc(CN3CCC[C@H](Cn4cncn4)C3)n2)cc1. The maximum atomic E-state index is 4.72. The van der Waals surface area contributed by atoms with Crippen LogP contribution >= 0.6 is 0 Å². The highest BCUT2D eigenvalue weighted by molar-refractivity contribution is 5.30. The molecule has 0 bridgehead atoms. The van der Waals surface area contributed by atoms with Crippen molar-refractivity contribution < 1.29 is 0 Å². The van der Waals surface area contributed by atoms with Crippen molar-refractivity contribution in [2.45, 2.75) is 25.9 Å². The van der Waals surface area contributed by atoms with Crippen LogP contribution < -0.4 is 0 Å². The number of rotatable bonds is 5. The molecule has 3 heterocycles. The predicted octanol–water partition coefficient (Wildman–Crippen LogP) is 2.38. The fourth-order valence-corrected chi connectivity index (χ4v) is 3.44. The third-order valence-electron chi connectivity index (χ3n) is 4.57. The molecule has 1 aliphatic heterocycles. The molecule has 3 aromatic rings. The first-order valence-electron chi connectivity index (χ1n) is 8.51. The summed E-state index contributed by atoms with van der Waals surface area (Å²) in [7, 11) is 0. The Hall–Kier alpha value is -2.47. The molecule has 0 saturated carbocycles. The van der Waals surface area contributed by atoms with Gasteiger partial charge in [0.05, 0.1) is 11.4 Å². The van der Waals surface area contributed by atoms with Gasteiger partial charge in [-0.1, -0.05) is 18.2 Å². The summed E-state index contributed by atoms with van der Waals surface area (Å²) in [6.07, 6.45) is 7.95. The van der Waals surface area contributed by atoms with E-state index in [9.17, 15) is 0 Å². The molecule has 1 aliphatic rings. The van der Waals surface area contributed by atoms with Crippen LogP contribution in [-0.2, 0) is 13.1 Å². The number of nitrogens with zero attached hydrogens (tertiary/aromatic N) is 6. The minimum absolute atomic E-state index is 0.636. The number of aromatic nitrogens is 5. The van der Waals surface area contributed by atoms with Crippen LogP contribution in [0.1, 0.15) is 18.5 Å². The summed E-state index contributed by atoms with van der Waals surface area (Å²) in [5.41, 5.74) is 2.23. The van der Waals surface area contributed by atoms with Gasteiger partial charge in [0.1, 0.15) is 12.7 Å². The van der Waals surface area contributed by atoms with E-state index in [1.165, 1.54) is 12.8 Å². The van der Waals surface area contributed by atoms with E-state index in [0.29, 0.717) is 5.92 Å². The fraction of sp³-hybridized carbons (Fsp3) is 0.389. The molecular formula is C18H22N6. The minimum atomic E-state index is 0.636. The van der Waals surface area contributed by atoms with Gasteiger partial charge in [0, 0.05) is 25.8 Å². The summed E-state index contributed by atoms with van der Waals surface area (Å²) in [5, 5.41) is 8.95. The Balaban J connectivity index is 1.37. The number of likely N-dealkylation sites (tertiary alicyclic amines) is 1. The zero-order valence-corrected chi connectivity index (χ0v) is 13.7. The zero-order valence-electron chi connectivity index (χ0n) is 13.7. The molecule has 24 heavy (non-hydrogen) atoms. The molecule has 0 aliphatic carbocycles. The Morgan fingerprint density at radius 2 is 2.04 bits per heavy atom. The Morgan fingerprint density at radius 1 is 1.12 bits per heavy atom. The van der Waals surface area contributed by atoms with Crippen molar-refractivity contribution in [3.63, 3.8) is 0 Å². The summed E-state index contributed by atoms with van der Waals surface area (Å²) in [6.45, 7) is 4.10. The number of para-hydroxylation sites is 1. The van der Waals surface area contributed by atoms with Crippen molar-refractivity contribution in [2.24, 2.45) is 5.92 Å². The smallest absolute Gasteiger partial charge is 0.137 e. The Kier molecular flexibility index (Phi) is 4.38. The van der Waals surface area contributed by atoms with Gasteiger partial charge in [0.25, 0.3) is 0 Å². The molecule has 1 aromatic carbocycles. The molecule has 0 amide bonds. The van der Waals surface area contributed by atoms with E-state index in [1.54, 1.807) is 12.7 Å². The first-order valence-corrected chi connectivity index (χ1v) is 8.51. The van der Waals surface area contributed by atoms with Crippen molar-refractivity contribution in [3.8, 4) is 5.69 Å². The number of hydrogen-bond donors (Lipinski definition) is 0. The summed E-state index contributed by atoms with van der Waals surface area (Å²) >= 11 is 0. The van der Waals surface area contributed by atoms with Crippen LogP contribution in [0, 0.1) is 5.92 Å². The van der Waals surface area contributed by atoms with Crippen LogP contribution in [-0.4, -0.2) is 42.5 Å². The summed E-state index contributed by atoms with van der Waals surface area (Å²) in [5.74, 6) is 0.636. The second kappa shape index (κ2) is 6.97. The van der Waals surface area contributed by atoms with Crippen molar-refractivity contribution in [3.05, 3.63) is 60.9 Å². The first kappa shape index (κ1) is 15.1.